The van der Waals surface area contributed by atoms with Gasteiger partial charge in [0.05, 0.1) is 12.0 Å². The Balaban J connectivity index is 2.56. The Morgan fingerprint density at radius 2 is 1.87 bits per heavy atom. The molecule has 0 radical (unpaired) electrons. The van der Waals surface area contributed by atoms with Gasteiger partial charge in [0.15, 0.2) is 0 Å². The average Bonchev–Trinajstić information content (AvgIpc) is 2.30. The lowest BCUT2D eigenvalue weighted by Gasteiger charge is -2.05. The summed E-state index contributed by atoms with van der Waals surface area (Å²) in [7, 11) is 0. The summed E-state index contributed by atoms with van der Waals surface area (Å²) in [5, 5.41) is 11.3. The Kier molecular flexibility index (Phi) is 2.51. The molecule has 0 saturated heterocycles. The van der Waals surface area contributed by atoms with Crippen LogP contribution in [0.15, 0.2) is 55.1 Å². The Morgan fingerprint density at radius 1 is 1.13 bits per heavy atom. The zero-order valence-electron chi connectivity index (χ0n) is 8.35. The Hall–Kier alpha value is -2.07. The number of benzene rings is 2. The molecule has 1 unspecified atom stereocenters. The SMILES string of the molecule is C=CC(C#N)c1ccc2ccccc2c1. The highest BCUT2D eigenvalue weighted by Crippen LogP contribution is 2.21. The maximum absolute atomic E-state index is 8.93. The summed E-state index contributed by atoms with van der Waals surface area (Å²) < 4.78 is 0. The molecule has 0 fully saturated rings. The molecule has 0 aliphatic rings. The van der Waals surface area contributed by atoms with E-state index in [4.69, 9.17) is 5.26 Å². The van der Waals surface area contributed by atoms with Crippen LogP contribution >= 0.6 is 0 Å². The molecule has 2 rings (SSSR count). The van der Waals surface area contributed by atoms with Crippen molar-refractivity contribution in [1.82, 2.24) is 0 Å². The van der Waals surface area contributed by atoms with Crippen molar-refractivity contribution in [3.63, 3.8) is 0 Å². The summed E-state index contributed by atoms with van der Waals surface area (Å²) in [6.45, 7) is 3.67. The molecule has 0 aliphatic heterocycles. The van der Waals surface area contributed by atoms with Crippen LogP contribution in [0.2, 0.25) is 0 Å². The van der Waals surface area contributed by atoms with Crippen molar-refractivity contribution in [2.24, 2.45) is 0 Å². The molecular weight excluding hydrogens is 182 g/mol. The predicted octanol–water partition coefficient (Wildman–Crippen LogP) is 3.63. The van der Waals surface area contributed by atoms with Crippen molar-refractivity contribution in [2.75, 3.05) is 0 Å². The molecule has 72 valence electrons. The summed E-state index contributed by atoms with van der Waals surface area (Å²) in [6, 6.07) is 16.4. The molecule has 1 atom stereocenters. The molecule has 0 aliphatic carbocycles. The van der Waals surface area contributed by atoms with Crippen LogP contribution in [0.1, 0.15) is 11.5 Å². The van der Waals surface area contributed by atoms with Crippen molar-refractivity contribution in [3.05, 3.63) is 60.7 Å². The quantitative estimate of drug-likeness (QED) is 0.668. The molecule has 0 spiro atoms. The highest BCUT2D eigenvalue weighted by Gasteiger charge is 2.05. The molecule has 2 aromatic carbocycles. The number of allylic oxidation sites excluding steroid dienone is 1. The minimum atomic E-state index is -0.213. The smallest absolute Gasteiger partial charge is 0.0891 e. The number of nitrogens with zero attached hydrogens (tertiary/aromatic N) is 1. The van der Waals surface area contributed by atoms with Gasteiger partial charge >= 0.3 is 0 Å². The third kappa shape index (κ3) is 1.75. The van der Waals surface area contributed by atoms with Crippen LogP contribution in [-0.2, 0) is 0 Å². The van der Waals surface area contributed by atoms with E-state index in [0.29, 0.717) is 0 Å². The van der Waals surface area contributed by atoms with Gasteiger partial charge in [-0.3, -0.25) is 0 Å². The topological polar surface area (TPSA) is 23.8 Å². The second-order valence-electron chi connectivity index (χ2n) is 3.45. The summed E-state index contributed by atoms with van der Waals surface area (Å²) >= 11 is 0. The summed E-state index contributed by atoms with van der Waals surface area (Å²) in [5.74, 6) is -0.213. The molecule has 0 amide bonds. The third-order valence-corrected chi connectivity index (χ3v) is 2.51. The van der Waals surface area contributed by atoms with E-state index in [2.05, 4.69) is 24.8 Å². The normalized spacial score (nSPS) is 11.9. The van der Waals surface area contributed by atoms with Crippen LogP contribution in [-0.4, -0.2) is 0 Å². The number of fused-ring (bicyclic) bond motifs is 1. The van der Waals surface area contributed by atoms with Gasteiger partial charge < -0.3 is 0 Å². The number of nitriles is 1. The third-order valence-electron chi connectivity index (χ3n) is 2.51. The summed E-state index contributed by atoms with van der Waals surface area (Å²) in [5.41, 5.74) is 1.01. The van der Waals surface area contributed by atoms with Crippen LogP contribution in [0.3, 0.4) is 0 Å². The first-order chi connectivity index (χ1) is 7.35. The monoisotopic (exact) mass is 193 g/mol. The Labute approximate surface area is 89.3 Å². The second-order valence-corrected chi connectivity index (χ2v) is 3.45. The maximum Gasteiger partial charge on any atom is 0.0891 e. The standard InChI is InChI=1S/C14H11N/c1-2-11(10-15)14-8-7-12-5-3-4-6-13(12)9-14/h2-9,11H,1H2. The van der Waals surface area contributed by atoms with Crippen LogP contribution in [0.5, 0.6) is 0 Å². The highest BCUT2D eigenvalue weighted by atomic mass is 14.3. The molecule has 0 saturated carbocycles. The van der Waals surface area contributed by atoms with Crippen molar-refractivity contribution in [1.29, 1.82) is 5.26 Å². The lowest BCUT2D eigenvalue weighted by molar-refractivity contribution is 1.10. The summed E-state index contributed by atoms with van der Waals surface area (Å²) in [4.78, 5) is 0. The van der Waals surface area contributed by atoms with Crippen LogP contribution in [0.25, 0.3) is 10.8 Å². The molecule has 1 heteroatoms. The van der Waals surface area contributed by atoms with Crippen LogP contribution in [0, 0.1) is 11.3 Å². The van der Waals surface area contributed by atoms with E-state index < -0.39 is 0 Å². The lowest BCUT2D eigenvalue weighted by atomic mass is 9.98. The fourth-order valence-corrected chi connectivity index (χ4v) is 1.66. The van der Waals surface area contributed by atoms with Crippen molar-refractivity contribution >= 4 is 10.8 Å². The van der Waals surface area contributed by atoms with E-state index in [1.807, 2.05) is 30.3 Å². The Morgan fingerprint density at radius 3 is 2.53 bits per heavy atom. The van der Waals surface area contributed by atoms with Gasteiger partial charge in [0.25, 0.3) is 0 Å². The van der Waals surface area contributed by atoms with Crippen molar-refractivity contribution in [2.45, 2.75) is 5.92 Å². The van der Waals surface area contributed by atoms with Crippen molar-refractivity contribution < 1.29 is 0 Å². The van der Waals surface area contributed by atoms with Gasteiger partial charge in [-0.1, -0.05) is 42.5 Å². The molecule has 15 heavy (non-hydrogen) atoms. The van der Waals surface area contributed by atoms with Gasteiger partial charge in [0.2, 0.25) is 0 Å². The van der Waals surface area contributed by atoms with Crippen LogP contribution in [0.4, 0.5) is 0 Å². The first-order valence-electron chi connectivity index (χ1n) is 4.86. The fraction of sp³-hybridized carbons (Fsp3) is 0.0714. The number of hydrogen-bond donors (Lipinski definition) is 0. The first-order valence-corrected chi connectivity index (χ1v) is 4.86. The van der Waals surface area contributed by atoms with E-state index >= 15 is 0 Å². The molecule has 0 heterocycles. The van der Waals surface area contributed by atoms with E-state index in [-0.39, 0.29) is 5.92 Å². The largest absolute Gasteiger partial charge is 0.197 e. The van der Waals surface area contributed by atoms with E-state index in [1.165, 1.54) is 5.39 Å². The average molecular weight is 193 g/mol. The molecule has 0 aromatic heterocycles. The summed E-state index contributed by atoms with van der Waals surface area (Å²) in [6.07, 6.45) is 1.67. The van der Waals surface area contributed by atoms with Crippen molar-refractivity contribution in [3.8, 4) is 6.07 Å². The molecule has 1 nitrogen and oxygen atoms in total. The van der Waals surface area contributed by atoms with Gasteiger partial charge in [0, 0.05) is 0 Å². The predicted molar refractivity (Wildman–Crippen MR) is 62.5 cm³/mol. The van der Waals surface area contributed by atoms with Crippen LogP contribution < -0.4 is 0 Å². The highest BCUT2D eigenvalue weighted by molar-refractivity contribution is 5.83. The Bertz CT molecular complexity index is 534. The molecule has 0 bridgehead atoms. The van der Waals surface area contributed by atoms with Gasteiger partial charge in [-0.25, -0.2) is 0 Å². The lowest BCUT2D eigenvalue weighted by Crippen LogP contribution is -1.90. The van der Waals surface area contributed by atoms with Gasteiger partial charge in [-0.05, 0) is 22.4 Å². The first kappa shape index (κ1) is 9.48. The van der Waals surface area contributed by atoms with Gasteiger partial charge in [0.1, 0.15) is 0 Å². The molecule has 2 aromatic rings. The van der Waals surface area contributed by atoms with E-state index in [9.17, 15) is 0 Å². The minimum absolute atomic E-state index is 0.213. The second kappa shape index (κ2) is 3.98. The van der Waals surface area contributed by atoms with Gasteiger partial charge in [-0.2, -0.15) is 5.26 Å². The van der Waals surface area contributed by atoms with E-state index in [1.54, 1.807) is 6.08 Å². The zero-order valence-corrected chi connectivity index (χ0v) is 8.35. The number of hydrogen-bond acceptors (Lipinski definition) is 1. The van der Waals surface area contributed by atoms with Gasteiger partial charge in [-0.15, -0.1) is 6.58 Å². The maximum atomic E-state index is 8.93. The number of rotatable bonds is 2. The molecular formula is C14H11N. The molecule has 0 N–H and O–H groups in total. The fourth-order valence-electron chi connectivity index (χ4n) is 1.66. The minimum Gasteiger partial charge on any atom is -0.197 e. The zero-order chi connectivity index (χ0) is 10.7. The van der Waals surface area contributed by atoms with E-state index in [0.717, 1.165) is 10.9 Å².